The van der Waals surface area contributed by atoms with Crippen LogP contribution in [0.4, 0.5) is 5.82 Å². The zero-order chi connectivity index (χ0) is 14.0. The van der Waals surface area contributed by atoms with Crippen LogP contribution in [-0.2, 0) is 16.1 Å². The highest BCUT2D eigenvalue weighted by Crippen LogP contribution is 2.30. The number of nitrogens with zero attached hydrogens (tertiary/aromatic N) is 2. The highest BCUT2D eigenvalue weighted by molar-refractivity contribution is 7.92. The summed E-state index contributed by atoms with van der Waals surface area (Å²) in [5.41, 5.74) is 0.803. The van der Waals surface area contributed by atoms with E-state index in [-0.39, 0.29) is 0 Å². The lowest BCUT2D eigenvalue weighted by Gasteiger charge is -2.24. The lowest BCUT2D eigenvalue weighted by atomic mass is 9.89. The lowest BCUT2D eigenvalue weighted by Crippen LogP contribution is -2.22. The van der Waals surface area contributed by atoms with Crippen molar-refractivity contribution in [2.24, 2.45) is 5.92 Å². The summed E-state index contributed by atoms with van der Waals surface area (Å²) in [6.07, 6.45) is 9.61. The van der Waals surface area contributed by atoms with Gasteiger partial charge in [-0.25, -0.2) is 19.0 Å². The molecule has 2 N–H and O–H groups in total. The molecule has 1 aliphatic carbocycles. The van der Waals surface area contributed by atoms with Crippen LogP contribution in [0.25, 0.3) is 0 Å². The van der Waals surface area contributed by atoms with Crippen LogP contribution >= 0.6 is 0 Å². The molecule has 1 aliphatic heterocycles. The van der Waals surface area contributed by atoms with Gasteiger partial charge >= 0.3 is 0 Å². The molecule has 1 unspecified atom stereocenters. The zero-order valence-corrected chi connectivity index (χ0v) is 12.5. The highest BCUT2D eigenvalue weighted by Gasteiger charge is 2.26. The molecule has 6 heteroatoms. The quantitative estimate of drug-likeness (QED) is 0.898. The van der Waals surface area contributed by atoms with E-state index < -0.39 is 9.73 Å². The van der Waals surface area contributed by atoms with Crippen LogP contribution in [-0.4, -0.2) is 26.5 Å². The fourth-order valence-electron chi connectivity index (χ4n) is 3.24. The predicted molar refractivity (Wildman–Crippen MR) is 79.4 cm³/mol. The first-order valence-electron chi connectivity index (χ1n) is 7.51. The van der Waals surface area contributed by atoms with Gasteiger partial charge in [0.1, 0.15) is 17.0 Å². The molecular formula is C14H22N4OS. The second-order valence-electron chi connectivity index (χ2n) is 5.87. The highest BCUT2D eigenvalue weighted by atomic mass is 32.2. The molecule has 20 heavy (non-hydrogen) atoms. The van der Waals surface area contributed by atoms with Crippen molar-refractivity contribution in [3.05, 3.63) is 12.0 Å². The van der Waals surface area contributed by atoms with E-state index in [0.717, 1.165) is 25.1 Å². The molecule has 5 nitrogen and oxygen atoms in total. The second kappa shape index (κ2) is 5.68. The number of hydrogen-bond donors (Lipinski definition) is 2. The molecule has 110 valence electrons. The third-order valence-electron chi connectivity index (χ3n) is 4.34. The number of nitrogens with one attached hydrogen (secondary N) is 2. The molecule has 2 aliphatic rings. The van der Waals surface area contributed by atoms with Crippen LogP contribution in [0.2, 0.25) is 0 Å². The minimum absolute atomic E-state index is 0.436. The molecule has 2 heterocycles. The first-order valence-corrected chi connectivity index (χ1v) is 9.24. The van der Waals surface area contributed by atoms with Crippen LogP contribution in [0.3, 0.4) is 0 Å². The molecule has 1 atom stereocenters. The van der Waals surface area contributed by atoms with Gasteiger partial charge in [0, 0.05) is 12.3 Å². The van der Waals surface area contributed by atoms with Crippen LogP contribution < -0.4 is 5.32 Å². The molecular weight excluding hydrogens is 272 g/mol. The van der Waals surface area contributed by atoms with Crippen molar-refractivity contribution in [1.29, 1.82) is 4.78 Å². The zero-order valence-electron chi connectivity index (χ0n) is 11.7. The molecule has 0 bridgehead atoms. The van der Waals surface area contributed by atoms with Crippen LogP contribution in [0.5, 0.6) is 0 Å². The van der Waals surface area contributed by atoms with E-state index in [2.05, 4.69) is 15.3 Å². The molecule has 1 saturated carbocycles. The van der Waals surface area contributed by atoms with Gasteiger partial charge in [0.05, 0.1) is 15.4 Å². The van der Waals surface area contributed by atoms with E-state index in [1.165, 1.54) is 38.4 Å². The molecule has 1 fully saturated rings. The maximum atomic E-state index is 12.4. The van der Waals surface area contributed by atoms with E-state index >= 15 is 0 Å². The fourth-order valence-corrected chi connectivity index (χ4v) is 4.97. The van der Waals surface area contributed by atoms with E-state index in [1.54, 1.807) is 0 Å². The maximum absolute atomic E-state index is 12.4. The third-order valence-corrected chi connectivity index (χ3v) is 6.29. The summed E-state index contributed by atoms with van der Waals surface area (Å²) >= 11 is 0. The first-order chi connectivity index (χ1) is 9.67. The number of aryl methyl sites for hydroxylation is 1. The Bertz CT molecular complexity index is 579. The van der Waals surface area contributed by atoms with Gasteiger partial charge in [-0.3, -0.25) is 0 Å². The number of hydrogen-bond acceptors (Lipinski definition) is 5. The first kappa shape index (κ1) is 13.8. The standard InChI is InChI=1S/C14H22N4OS/c15-20(19)8-4-7-12-13(20)14(18-10-17-12)16-9-11-5-2-1-3-6-11/h10-11,15H,1-9H2,(H,16,17,18). The topological polar surface area (TPSA) is 78.7 Å². The lowest BCUT2D eigenvalue weighted by molar-refractivity contribution is 0.373. The molecule has 3 rings (SSSR count). The molecule has 1 aromatic heterocycles. The smallest absolute Gasteiger partial charge is 0.146 e. The van der Waals surface area contributed by atoms with Crippen molar-refractivity contribution in [3.63, 3.8) is 0 Å². The van der Waals surface area contributed by atoms with E-state index in [1.807, 2.05) is 0 Å². The van der Waals surface area contributed by atoms with Gasteiger partial charge < -0.3 is 5.32 Å². The Morgan fingerprint density at radius 3 is 2.85 bits per heavy atom. The summed E-state index contributed by atoms with van der Waals surface area (Å²) in [4.78, 5) is 9.04. The normalized spacial score (nSPS) is 27.0. The molecule has 0 aromatic carbocycles. The second-order valence-corrected chi connectivity index (χ2v) is 8.03. The predicted octanol–water partition coefficient (Wildman–Crippen LogP) is 2.82. The molecule has 1 aromatic rings. The molecule has 0 radical (unpaired) electrons. The van der Waals surface area contributed by atoms with E-state index in [0.29, 0.717) is 22.4 Å². The number of rotatable bonds is 3. The number of aromatic nitrogens is 2. The minimum atomic E-state index is -2.71. The average molecular weight is 294 g/mol. The molecule has 0 saturated heterocycles. The summed E-state index contributed by atoms with van der Waals surface area (Å²) < 4.78 is 20.5. The average Bonchev–Trinajstić information content (AvgIpc) is 2.45. The van der Waals surface area contributed by atoms with Gasteiger partial charge in [-0.2, -0.15) is 0 Å². The van der Waals surface area contributed by atoms with E-state index in [4.69, 9.17) is 4.78 Å². The van der Waals surface area contributed by atoms with Gasteiger partial charge in [0.15, 0.2) is 0 Å². The summed E-state index contributed by atoms with van der Waals surface area (Å²) in [5.74, 6) is 1.76. The number of fused-ring (bicyclic) bond motifs is 1. The van der Waals surface area contributed by atoms with Gasteiger partial charge in [-0.15, -0.1) is 0 Å². The Morgan fingerprint density at radius 2 is 2.05 bits per heavy atom. The summed E-state index contributed by atoms with van der Waals surface area (Å²) in [5, 5.41) is 3.35. The Balaban J connectivity index is 1.80. The Morgan fingerprint density at radius 1 is 1.25 bits per heavy atom. The largest absolute Gasteiger partial charge is 0.369 e. The Labute approximate surface area is 120 Å². The number of anilines is 1. The maximum Gasteiger partial charge on any atom is 0.146 e. The monoisotopic (exact) mass is 294 g/mol. The summed E-state index contributed by atoms with van der Waals surface area (Å²) in [6.45, 7) is 0.874. The van der Waals surface area contributed by atoms with Gasteiger partial charge in [-0.1, -0.05) is 19.3 Å². The Kier molecular flexibility index (Phi) is 3.92. The summed E-state index contributed by atoms with van der Waals surface area (Å²) in [7, 11) is -2.71. The SMILES string of the molecule is N=S1(=O)CCCc2ncnc(NCC3CCCCC3)c21. The van der Waals surface area contributed by atoms with Gasteiger partial charge in [0.25, 0.3) is 0 Å². The van der Waals surface area contributed by atoms with Gasteiger partial charge in [0.2, 0.25) is 0 Å². The van der Waals surface area contributed by atoms with Crippen LogP contribution in [0, 0.1) is 10.7 Å². The van der Waals surface area contributed by atoms with Crippen molar-refractivity contribution < 1.29 is 4.21 Å². The molecule has 0 amide bonds. The molecule has 0 spiro atoms. The Hall–Kier alpha value is -1.17. The third kappa shape index (κ3) is 2.80. The van der Waals surface area contributed by atoms with Crippen LogP contribution in [0.15, 0.2) is 11.2 Å². The van der Waals surface area contributed by atoms with Crippen molar-refractivity contribution in [1.82, 2.24) is 9.97 Å². The van der Waals surface area contributed by atoms with Crippen molar-refractivity contribution >= 4 is 15.5 Å². The minimum Gasteiger partial charge on any atom is -0.369 e. The van der Waals surface area contributed by atoms with Crippen molar-refractivity contribution in [2.75, 3.05) is 17.6 Å². The van der Waals surface area contributed by atoms with Crippen molar-refractivity contribution in [3.8, 4) is 0 Å². The van der Waals surface area contributed by atoms with Crippen LogP contribution in [0.1, 0.15) is 44.2 Å². The van der Waals surface area contributed by atoms with E-state index in [9.17, 15) is 4.21 Å². The van der Waals surface area contributed by atoms with Crippen molar-refractivity contribution in [2.45, 2.75) is 49.8 Å². The van der Waals surface area contributed by atoms with Gasteiger partial charge in [-0.05, 0) is 31.6 Å². The summed E-state index contributed by atoms with van der Waals surface area (Å²) in [6, 6.07) is 0. The fraction of sp³-hybridized carbons (Fsp3) is 0.714.